The molecule has 0 aliphatic heterocycles. The Hall–Kier alpha value is -2.82. The van der Waals surface area contributed by atoms with Crippen LogP contribution in [0.15, 0.2) is 84.9 Å². The molecule has 3 aromatic carbocycles. The predicted octanol–water partition coefficient (Wildman–Crippen LogP) is 6.15. The molecule has 2 aliphatic rings. The molecule has 5 rings (SSSR count). The molecule has 34 heavy (non-hydrogen) atoms. The number of benzene rings is 3. The Morgan fingerprint density at radius 2 is 1.35 bits per heavy atom. The quantitative estimate of drug-likeness (QED) is 0.412. The van der Waals surface area contributed by atoms with Gasteiger partial charge in [0.05, 0.1) is 0 Å². The highest BCUT2D eigenvalue weighted by Gasteiger charge is 2.54. The molecule has 0 aromatic heterocycles. The molecular weight excluding hydrogens is 442 g/mol. The van der Waals surface area contributed by atoms with Crippen molar-refractivity contribution in [3.05, 3.63) is 107 Å². The van der Waals surface area contributed by atoms with E-state index >= 15 is 0 Å². The molecule has 1 spiro atoms. The Morgan fingerprint density at radius 1 is 0.794 bits per heavy atom. The molecule has 2 saturated carbocycles. The number of nitrogens with zero attached hydrogens (tertiary/aromatic N) is 1. The first-order valence-electron chi connectivity index (χ1n) is 12.2. The van der Waals surface area contributed by atoms with E-state index in [0.29, 0.717) is 23.0 Å². The summed E-state index contributed by atoms with van der Waals surface area (Å²) in [6, 6.07) is 29.9. The molecule has 0 radical (unpaired) electrons. The van der Waals surface area contributed by atoms with E-state index in [0.717, 1.165) is 31.5 Å². The maximum absolute atomic E-state index is 12.3. The van der Waals surface area contributed by atoms with Crippen molar-refractivity contribution in [2.24, 2.45) is 5.41 Å². The molecule has 4 nitrogen and oxygen atoms in total. The van der Waals surface area contributed by atoms with E-state index in [1.54, 1.807) is 0 Å². The number of hydrogen-bond donors (Lipinski definition) is 2. The van der Waals surface area contributed by atoms with Gasteiger partial charge in [-0.15, -0.1) is 0 Å². The van der Waals surface area contributed by atoms with E-state index in [1.165, 1.54) is 24.0 Å². The number of urea groups is 1. The third-order valence-electron chi connectivity index (χ3n) is 7.37. The van der Waals surface area contributed by atoms with Crippen LogP contribution in [0.5, 0.6) is 0 Å². The minimum atomic E-state index is -0.0829. The van der Waals surface area contributed by atoms with Crippen LogP contribution in [0.3, 0.4) is 0 Å². The zero-order chi connectivity index (χ0) is 23.4. The smallest absolute Gasteiger partial charge is 0.315 e. The summed E-state index contributed by atoms with van der Waals surface area (Å²) in [5, 5.41) is 6.82. The van der Waals surface area contributed by atoms with Crippen molar-refractivity contribution < 1.29 is 4.79 Å². The highest BCUT2D eigenvalue weighted by Crippen LogP contribution is 2.57. The van der Waals surface area contributed by atoms with E-state index in [9.17, 15) is 4.79 Å². The van der Waals surface area contributed by atoms with Crippen molar-refractivity contribution in [3.63, 3.8) is 0 Å². The van der Waals surface area contributed by atoms with E-state index in [2.05, 4.69) is 76.2 Å². The van der Waals surface area contributed by atoms with E-state index in [1.807, 2.05) is 24.3 Å². The number of nitrogens with one attached hydrogen (secondary N) is 2. The van der Waals surface area contributed by atoms with Crippen LogP contribution in [-0.4, -0.2) is 23.0 Å². The Kier molecular flexibility index (Phi) is 6.89. The standard InChI is InChI=1S/C29H32ClN3O/c30-25-13-11-22(12-14-25)19-31-28(34)32-26-15-29(16-26)17-27(18-29)33(20-23-7-3-1-4-8-23)21-24-9-5-2-6-10-24/h1-14,26-27H,15-21H2,(H2,31,32,34). The molecule has 5 heteroatoms. The lowest BCUT2D eigenvalue weighted by molar-refractivity contribution is -0.0759. The molecular formula is C29H32ClN3O. The van der Waals surface area contributed by atoms with E-state index in [4.69, 9.17) is 11.6 Å². The van der Waals surface area contributed by atoms with E-state index < -0.39 is 0 Å². The van der Waals surface area contributed by atoms with Crippen LogP contribution in [0.1, 0.15) is 42.4 Å². The molecule has 2 aliphatic carbocycles. The summed E-state index contributed by atoms with van der Waals surface area (Å²) in [6.07, 6.45) is 4.61. The monoisotopic (exact) mass is 473 g/mol. The largest absolute Gasteiger partial charge is 0.335 e. The van der Waals surface area contributed by atoms with Crippen LogP contribution < -0.4 is 10.6 Å². The number of rotatable bonds is 8. The van der Waals surface area contributed by atoms with Crippen molar-refractivity contribution in [1.82, 2.24) is 15.5 Å². The lowest BCUT2D eigenvalue weighted by atomic mass is 9.51. The van der Waals surface area contributed by atoms with Gasteiger partial charge in [-0.25, -0.2) is 4.79 Å². The first-order valence-corrected chi connectivity index (χ1v) is 12.6. The molecule has 0 bridgehead atoms. The van der Waals surface area contributed by atoms with Gasteiger partial charge in [0.1, 0.15) is 0 Å². The maximum Gasteiger partial charge on any atom is 0.315 e. The van der Waals surface area contributed by atoms with Gasteiger partial charge in [0.15, 0.2) is 0 Å². The highest BCUT2D eigenvalue weighted by molar-refractivity contribution is 6.30. The fourth-order valence-electron chi connectivity index (χ4n) is 5.59. The average Bonchev–Trinajstić information content (AvgIpc) is 2.80. The molecule has 3 aromatic rings. The van der Waals surface area contributed by atoms with Gasteiger partial charge >= 0.3 is 6.03 Å². The molecule has 2 fully saturated rings. The SMILES string of the molecule is O=C(NCc1ccc(Cl)cc1)NC1CC2(C1)CC(N(Cc1ccccc1)Cc1ccccc1)C2. The molecule has 2 N–H and O–H groups in total. The number of amides is 2. The average molecular weight is 474 g/mol. The van der Waals surface area contributed by atoms with Gasteiger partial charge in [-0.05, 0) is 59.9 Å². The fourth-order valence-corrected chi connectivity index (χ4v) is 5.72. The van der Waals surface area contributed by atoms with Crippen molar-refractivity contribution in [2.75, 3.05) is 0 Å². The molecule has 0 saturated heterocycles. The zero-order valence-corrected chi connectivity index (χ0v) is 20.2. The summed E-state index contributed by atoms with van der Waals surface area (Å²) in [4.78, 5) is 15.0. The van der Waals surface area contributed by atoms with E-state index in [-0.39, 0.29) is 12.1 Å². The summed E-state index contributed by atoms with van der Waals surface area (Å²) < 4.78 is 0. The van der Waals surface area contributed by atoms with Crippen molar-refractivity contribution >= 4 is 17.6 Å². The second-order valence-corrected chi connectivity index (χ2v) is 10.4. The molecule has 0 heterocycles. The zero-order valence-electron chi connectivity index (χ0n) is 19.4. The fraction of sp³-hybridized carbons (Fsp3) is 0.345. The summed E-state index contributed by atoms with van der Waals surface area (Å²) in [7, 11) is 0. The molecule has 176 valence electrons. The lowest BCUT2D eigenvalue weighted by Gasteiger charge is -2.60. The van der Waals surface area contributed by atoms with Gasteiger partial charge in [0.25, 0.3) is 0 Å². The van der Waals surface area contributed by atoms with Gasteiger partial charge in [0, 0.05) is 36.7 Å². The van der Waals surface area contributed by atoms with Crippen molar-refractivity contribution in [2.45, 2.75) is 57.4 Å². The minimum Gasteiger partial charge on any atom is -0.335 e. The topological polar surface area (TPSA) is 44.4 Å². The third-order valence-corrected chi connectivity index (χ3v) is 7.62. The van der Waals surface area contributed by atoms with Gasteiger partial charge in [-0.2, -0.15) is 0 Å². The Labute approximate surface area is 207 Å². The number of carbonyl (C=O) groups excluding carboxylic acids is 1. The second kappa shape index (κ2) is 10.2. The predicted molar refractivity (Wildman–Crippen MR) is 137 cm³/mol. The summed E-state index contributed by atoms with van der Waals surface area (Å²) in [5.41, 5.74) is 4.18. The van der Waals surface area contributed by atoms with Crippen LogP contribution in [0.4, 0.5) is 4.79 Å². The first-order chi connectivity index (χ1) is 16.6. The Bertz CT molecular complexity index is 1030. The summed E-state index contributed by atoms with van der Waals surface area (Å²) >= 11 is 5.92. The Morgan fingerprint density at radius 3 is 1.91 bits per heavy atom. The van der Waals surface area contributed by atoms with Gasteiger partial charge in [0.2, 0.25) is 0 Å². The van der Waals surface area contributed by atoms with Crippen molar-refractivity contribution in [1.29, 1.82) is 0 Å². The van der Waals surface area contributed by atoms with Gasteiger partial charge in [-0.1, -0.05) is 84.4 Å². The summed E-state index contributed by atoms with van der Waals surface area (Å²) in [5.74, 6) is 0. The number of carbonyl (C=O) groups is 1. The molecule has 0 atom stereocenters. The maximum atomic E-state index is 12.3. The second-order valence-electron chi connectivity index (χ2n) is 10.00. The van der Waals surface area contributed by atoms with Crippen LogP contribution in [0, 0.1) is 5.41 Å². The van der Waals surface area contributed by atoms with Gasteiger partial charge in [-0.3, -0.25) is 4.90 Å². The highest BCUT2D eigenvalue weighted by atomic mass is 35.5. The summed E-state index contributed by atoms with van der Waals surface area (Å²) in [6.45, 7) is 2.47. The minimum absolute atomic E-state index is 0.0829. The van der Waals surface area contributed by atoms with Crippen molar-refractivity contribution in [3.8, 4) is 0 Å². The normalized spacial score (nSPS) is 23.2. The Balaban J connectivity index is 1.10. The van der Waals surface area contributed by atoms with Crippen LogP contribution in [-0.2, 0) is 19.6 Å². The number of hydrogen-bond acceptors (Lipinski definition) is 2. The first kappa shape index (κ1) is 22.9. The van der Waals surface area contributed by atoms with Crippen LogP contribution in [0.2, 0.25) is 5.02 Å². The third kappa shape index (κ3) is 5.63. The van der Waals surface area contributed by atoms with Crippen LogP contribution >= 0.6 is 11.6 Å². The number of halogens is 1. The molecule has 2 amide bonds. The van der Waals surface area contributed by atoms with Gasteiger partial charge < -0.3 is 10.6 Å². The van der Waals surface area contributed by atoms with Crippen LogP contribution in [0.25, 0.3) is 0 Å². The molecule has 0 unspecified atom stereocenters. The lowest BCUT2D eigenvalue weighted by Crippen LogP contribution is -2.61.